The van der Waals surface area contributed by atoms with E-state index in [0.29, 0.717) is 37.5 Å². The second-order valence-corrected chi connectivity index (χ2v) is 7.31. The van der Waals surface area contributed by atoms with Gasteiger partial charge in [0.05, 0.1) is 5.92 Å². The fourth-order valence-electron chi connectivity index (χ4n) is 3.45. The number of likely N-dealkylation sites (tertiary alicyclic amines) is 1. The molecule has 8 nitrogen and oxygen atoms in total. The number of rotatable bonds is 8. The van der Waals surface area contributed by atoms with Crippen molar-refractivity contribution in [3.63, 3.8) is 0 Å². The second-order valence-electron chi connectivity index (χ2n) is 7.31. The van der Waals surface area contributed by atoms with Crippen molar-refractivity contribution < 1.29 is 14.1 Å². The third kappa shape index (κ3) is 5.88. The lowest BCUT2D eigenvalue weighted by Gasteiger charge is -2.31. The smallest absolute Gasteiger partial charge is 0.226 e. The monoisotopic (exact) mass is 385 g/mol. The number of aromatic nitrogens is 2. The molecule has 150 valence electrons. The molecule has 0 saturated carbocycles. The summed E-state index contributed by atoms with van der Waals surface area (Å²) in [5.41, 5.74) is 7.36. The van der Waals surface area contributed by atoms with E-state index < -0.39 is 0 Å². The highest BCUT2D eigenvalue weighted by molar-refractivity contribution is 5.90. The van der Waals surface area contributed by atoms with Crippen LogP contribution in [0.1, 0.15) is 43.0 Å². The molecule has 1 aliphatic heterocycles. The van der Waals surface area contributed by atoms with Crippen molar-refractivity contribution in [2.45, 2.75) is 45.6 Å². The molecule has 0 spiro atoms. The highest BCUT2D eigenvalue weighted by Crippen LogP contribution is 2.19. The summed E-state index contributed by atoms with van der Waals surface area (Å²) in [5, 5.41) is 6.64. The van der Waals surface area contributed by atoms with Gasteiger partial charge in [0.15, 0.2) is 5.82 Å². The highest BCUT2D eigenvalue weighted by atomic mass is 16.5. The summed E-state index contributed by atoms with van der Waals surface area (Å²) >= 11 is 0. The standard InChI is InChI=1S/C20H27N5O3/c1-14-22-19(28-24-14)6-2-5-18(26)23-17-9-7-15(8-10-17)12-25-11-3-4-16(13-25)20(21)27/h7-10,16H,2-6,11-13H2,1H3,(H2,21,27)(H,23,26). The molecule has 3 N–H and O–H groups in total. The number of hydrogen-bond donors (Lipinski definition) is 2. The van der Waals surface area contributed by atoms with E-state index in [2.05, 4.69) is 20.4 Å². The molecular formula is C20H27N5O3. The van der Waals surface area contributed by atoms with Crippen molar-refractivity contribution in [3.05, 3.63) is 41.5 Å². The van der Waals surface area contributed by atoms with Crippen LogP contribution in [-0.4, -0.2) is 39.9 Å². The molecular weight excluding hydrogens is 358 g/mol. The Morgan fingerprint density at radius 1 is 1.32 bits per heavy atom. The Hall–Kier alpha value is -2.74. The largest absolute Gasteiger partial charge is 0.369 e. The van der Waals surface area contributed by atoms with Crippen molar-refractivity contribution in [1.29, 1.82) is 0 Å². The lowest BCUT2D eigenvalue weighted by Crippen LogP contribution is -2.40. The van der Waals surface area contributed by atoms with Gasteiger partial charge in [-0.05, 0) is 50.4 Å². The van der Waals surface area contributed by atoms with Gasteiger partial charge in [-0.1, -0.05) is 17.3 Å². The molecule has 1 unspecified atom stereocenters. The van der Waals surface area contributed by atoms with E-state index in [1.807, 2.05) is 24.3 Å². The number of hydrogen-bond acceptors (Lipinski definition) is 6. The molecule has 1 aliphatic rings. The molecule has 0 radical (unpaired) electrons. The number of nitrogens with two attached hydrogens (primary N) is 1. The maximum Gasteiger partial charge on any atom is 0.226 e. The highest BCUT2D eigenvalue weighted by Gasteiger charge is 2.23. The molecule has 2 heterocycles. The van der Waals surface area contributed by atoms with E-state index in [4.69, 9.17) is 10.3 Å². The van der Waals surface area contributed by atoms with Crippen LogP contribution in [0, 0.1) is 12.8 Å². The molecule has 1 saturated heterocycles. The Labute approximate surface area is 164 Å². The molecule has 28 heavy (non-hydrogen) atoms. The zero-order valence-electron chi connectivity index (χ0n) is 16.2. The summed E-state index contributed by atoms with van der Waals surface area (Å²) in [4.78, 5) is 29.9. The number of piperidine rings is 1. The fourth-order valence-corrected chi connectivity index (χ4v) is 3.45. The summed E-state index contributed by atoms with van der Waals surface area (Å²) in [6.45, 7) is 4.24. The van der Waals surface area contributed by atoms with E-state index in [0.717, 1.165) is 37.2 Å². The van der Waals surface area contributed by atoms with Gasteiger partial charge in [-0.15, -0.1) is 0 Å². The molecule has 1 fully saturated rings. The van der Waals surface area contributed by atoms with Crippen LogP contribution >= 0.6 is 0 Å². The minimum Gasteiger partial charge on any atom is -0.369 e. The normalized spacial score (nSPS) is 17.4. The zero-order chi connectivity index (χ0) is 19.9. The predicted octanol–water partition coefficient (Wildman–Crippen LogP) is 2.04. The van der Waals surface area contributed by atoms with Gasteiger partial charge in [-0.25, -0.2) is 0 Å². The topological polar surface area (TPSA) is 114 Å². The average Bonchev–Trinajstić information content (AvgIpc) is 3.09. The Kier molecular flexibility index (Phi) is 6.76. The number of nitrogens with zero attached hydrogens (tertiary/aromatic N) is 3. The molecule has 1 atom stereocenters. The van der Waals surface area contributed by atoms with E-state index in [-0.39, 0.29) is 17.7 Å². The van der Waals surface area contributed by atoms with Crippen LogP contribution < -0.4 is 11.1 Å². The molecule has 2 aromatic rings. The molecule has 0 bridgehead atoms. The van der Waals surface area contributed by atoms with E-state index in [1.165, 1.54) is 0 Å². The average molecular weight is 385 g/mol. The van der Waals surface area contributed by atoms with Gasteiger partial charge in [0.1, 0.15) is 0 Å². The van der Waals surface area contributed by atoms with Gasteiger partial charge in [0.25, 0.3) is 0 Å². The predicted molar refractivity (Wildman–Crippen MR) is 104 cm³/mol. The first-order valence-electron chi connectivity index (χ1n) is 9.69. The molecule has 2 amide bonds. The van der Waals surface area contributed by atoms with Crippen molar-refractivity contribution in [1.82, 2.24) is 15.0 Å². The number of anilines is 1. The Bertz CT molecular complexity index is 802. The fraction of sp³-hybridized carbons (Fsp3) is 0.500. The zero-order valence-corrected chi connectivity index (χ0v) is 16.2. The van der Waals surface area contributed by atoms with Crippen molar-refractivity contribution in [2.75, 3.05) is 18.4 Å². The van der Waals surface area contributed by atoms with Crippen LogP contribution in [0.25, 0.3) is 0 Å². The van der Waals surface area contributed by atoms with Crippen LogP contribution in [0.15, 0.2) is 28.8 Å². The minimum atomic E-state index is -0.211. The first-order valence-corrected chi connectivity index (χ1v) is 9.69. The Morgan fingerprint density at radius 2 is 2.11 bits per heavy atom. The van der Waals surface area contributed by atoms with Gasteiger partial charge in [0.2, 0.25) is 17.7 Å². The van der Waals surface area contributed by atoms with Gasteiger partial charge in [-0.2, -0.15) is 4.98 Å². The number of nitrogens with one attached hydrogen (secondary N) is 1. The summed E-state index contributed by atoms with van der Waals surface area (Å²) in [7, 11) is 0. The molecule has 1 aromatic carbocycles. The van der Waals surface area contributed by atoms with Crippen LogP contribution in [0.3, 0.4) is 0 Å². The van der Waals surface area contributed by atoms with E-state index in [1.54, 1.807) is 6.92 Å². The van der Waals surface area contributed by atoms with Crippen molar-refractivity contribution >= 4 is 17.5 Å². The van der Waals surface area contributed by atoms with Crippen LogP contribution in [0.4, 0.5) is 5.69 Å². The van der Waals surface area contributed by atoms with E-state index >= 15 is 0 Å². The number of amides is 2. The summed E-state index contributed by atoms with van der Waals surface area (Å²) < 4.78 is 5.04. The first kappa shape index (κ1) is 20.0. The second kappa shape index (κ2) is 9.45. The summed E-state index contributed by atoms with van der Waals surface area (Å²) in [6, 6.07) is 7.82. The molecule has 0 aliphatic carbocycles. The van der Waals surface area contributed by atoms with Crippen LogP contribution in [-0.2, 0) is 22.6 Å². The van der Waals surface area contributed by atoms with Gasteiger partial charge < -0.3 is 15.6 Å². The molecule has 8 heteroatoms. The van der Waals surface area contributed by atoms with Crippen molar-refractivity contribution in [2.24, 2.45) is 11.7 Å². The SMILES string of the molecule is Cc1noc(CCCC(=O)Nc2ccc(CN3CCCC(C(N)=O)C3)cc2)n1. The lowest BCUT2D eigenvalue weighted by atomic mass is 9.97. The van der Waals surface area contributed by atoms with Gasteiger partial charge >= 0.3 is 0 Å². The third-order valence-corrected chi connectivity index (χ3v) is 4.92. The Balaban J connectivity index is 1.42. The quantitative estimate of drug-likeness (QED) is 0.719. The van der Waals surface area contributed by atoms with Crippen molar-refractivity contribution in [3.8, 4) is 0 Å². The Morgan fingerprint density at radius 3 is 2.79 bits per heavy atom. The third-order valence-electron chi connectivity index (χ3n) is 4.92. The lowest BCUT2D eigenvalue weighted by molar-refractivity contribution is -0.123. The van der Waals surface area contributed by atoms with E-state index in [9.17, 15) is 9.59 Å². The molecule has 1 aromatic heterocycles. The number of carbonyl (C=O) groups is 2. The van der Waals surface area contributed by atoms with Crippen LogP contribution in [0.5, 0.6) is 0 Å². The van der Waals surface area contributed by atoms with Gasteiger partial charge in [0, 0.05) is 31.6 Å². The summed E-state index contributed by atoms with van der Waals surface area (Å²) in [6.07, 6.45) is 3.51. The maximum atomic E-state index is 12.1. The maximum absolute atomic E-state index is 12.1. The van der Waals surface area contributed by atoms with Gasteiger partial charge in [-0.3, -0.25) is 14.5 Å². The molecule has 3 rings (SSSR count). The van der Waals surface area contributed by atoms with Crippen LogP contribution in [0.2, 0.25) is 0 Å². The minimum absolute atomic E-state index is 0.0377. The number of aryl methyl sites for hydroxylation is 2. The number of primary amides is 1. The summed E-state index contributed by atoms with van der Waals surface area (Å²) in [5.74, 6) is 0.866. The number of benzene rings is 1. The first-order chi connectivity index (χ1) is 13.5. The number of carbonyl (C=O) groups excluding carboxylic acids is 2.